The van der Waals surface area contributed by atoms with E-state index < -0.39 is 0 Å². The van der Waals surface area contributed by atoms with E-state index in [9.17, 15) is 0 Å². The lowest BCUT2D eigenvalue weighted by Gasteiger charge is -2.12. The average molecular weight is 389 g/mol. The highest BCUT2D eigenvalue weighted by molar-refractivity contribution is 14.1. The Hall–Kier alpha value is -1.82. The Morgan fingerprint density at radius 2 is 1.90 bits per heavy atom. The highest BCUT2D eigenvalue weighted by Crippen LogP contribution is 2.29. The Labute approximate surface area is 137 Å². The van der Waals surface area contributed by atoms with E-state index in [0.717, 1.165) is 29.6 Å². The van der Waals surface area contributed by atoms with Crippen molar-refractivity contribution in [1.82, 2.24) is 4.98 Å². The second-order valence-electron chi connectivity index (χ2n) is 4.91. The Bertz CT molecular complexity index is 751. The van der Waals surface area contributed by atoms with Crippen molar-refractivity contribution < 1.29 is 0 Å². The summed E-state index contributed by atoms with van der Waals surface area (Å²) < 4.78 is 1.18. The molecule has 21 heavy (non-hydrogen) atoms. The Morgan fingerprint density at radius 1 is 1.10 bits per heavy atom. The maximum absolute atomic E-state index is 6.09. The highest BCUT2D eigenvalue weighted by Gasteiger charge is 2.07. The summed E-state index contributed by atoms with van der Waals surface area (Å²) in [6.45, 7) is 0.846. The van der Waals surface area contributed by atoms with Gasteiger partial charge in [0.25, 0.3) is 0 Å². The number of nitrogen functional groups attached to an aromatic ring is 1. The molecule has 0 bridgehead atoms. The summed E-state index contributed by atoms with van der Waals surface area (Å²) in [5.41, 5.74) is 10.0. The maximum Gasteiger partial charge on any atom is 0.0743 e. The molecule has 0 aliphatic heterocycles. The van der Waals surface area contributed by atoms with E-state index in [2.05, 4.69) is 69.3 Å². The van der Waals surface area contributed by atoms with Crippen LogP contribution in [0.2, 0.25) is 0 Å². The molecule has 0 radical (unpaired) electrons. The van der Waals surface area contributed by atoms with Crippen LogP contribution in [0.1, 0.15) is 5.56 Å². The van der Waals surface area contributed by atoms with Gasteiger partial charge in [0.15, 0.2) is 0 Å². The number of benzene rings is 2. The summed E-state index contributed by atoms with van der Waals surface area (Å²) in [5, 5.41) is 4.54. The molecule has 3 N–H and O–H groups in total. The van der Waals surface area contributed by atoms with Crippen LogP contribution in [0.5, 0.6) is 0 Å². The van der Waals surface area contributed by atoms with Gasteiger partial charge in [-0.15, -0.1) is 0 Å². The molecule has 1 aromatic heterocycles. The van der Waals surface area contributed by atoms with Crippen molar-refractivity contribution in [2.75, 3.05) is 17.6 Å². The summed E-state index contributed by atoms with van der Waals surface area (Å²) in [4.78, 5) is 4.38. The molecule has 0 aliphatic rings. The lowest BCUT2D eigenvalue weighted by Crippen LogP contribution is -2.08. The van der Waals surface area contributed by atoms with Gasteiger partial charge in [-0.3, -0.25) is 4.98 Å². The van der Waals surface area contributed by atoms with Crippen LogP contribution in [0.25, 0.3) is 10.9 Å². The van der Waals surface area contributed by atoms with Crippen molar-refractivity contribution in [2.24, 2.45) is 0 Å². The van der Waals surface area contributed by atoms with E-state index >= 15 is 0 Å². The van der Waals surface area contributed by atoms with Crippen molar-refractivity contribution >= 4 is 44.9 Å². The van der Waals surface area contributed by atoms with Crippen LogP contribution in [-0.2, 0) is 6.42 Å². The molecule has 0 spiro atoms. The zero-order chi connectivity index (χ0) is 14.7. The number of anilines is 2. The third kappa shape index (κ3) is 3.26. The third-order valence-electron chi connectivity index (χ3n) is 3.42. The van der Waals surface area contributed by atoms with Crippen molar-refractivity contribution in [3.05, 3.63) is 63.9 Å². The van der Waals surface area contributed by atoms with E-state index in [1.54, 1.807) is 6.20 Å². The number of halogens is 1. The molecular weight excluding hydrogens is 373 g/mol. The van der Waals surface area contributed by atoms with Crippen LogP contribution in [0.15, 0.2) is 54.7 Å². The molecule has 0 atom stereocenters. The van der Waals surface area contributed by atoms with Gasteiger partial charge in [0, 0.05) is 15.5 Å². The molecule has 3 nitrogen and oxygen atoms in total. The van der Waals surface area contributed by atoms with Gasteiger partial charge in [0.05, 0.1) is 23.1 Å². The first-order valence-electron chi connectivity index (χ1n) is 6.85. The largest absolute Gasteiger partial charge is 0.396 e. The zero-order valence-electron chi connectivity index (χ0n) is 11.5. The molecule has 1 heterocycles. The minimum absolute atomic E-state index is 0.692. The number of nitrogens with two attached hydrogens (primary N) is 1. The van der Waals surface area contributed by atoms with Crippen molar-refractivity contribution in [2.45, 2.75) is 6.42 Å². The summed E-state index contributed by atoms with van der Waals surface area (Å²) >= 11 is 2.31. The SMILES string of the molecule is Nc1cnc2ccc(I)cc2c1NCCc1ccccc1. The molecule has 4 heteroatoms. The Morgan fingerprint density at radius 3 is 2.71 bits per heavy atom. The standard InChI is InChI=1S/C17H16IN3/c18-13-6-7-16-14(10-13)17(15(19)11-21-16)20-9-8-12-4-2-1-3-5-12/h1-7,10-11H,8-9,19H2,(H,20,21). The molecule has 0 saturated heterocycles. The zero-order valence-corrected chi connectivity index (χ0v) is 13.7. The first-order chi connectivity index (χ1) is 10.2. The molecule has 3 aromatic rings. The molecule has 0 amide bonds. The lowest BCUT2D eigenvalue weighted by atomic mass is 10.1. The van der Waals surface area contributed by atoms with Gasteiger partial charge >= 0.3 is 0 Å². The second kappa shape index (κ2) is 6.30. The van der Waals surface area contributed by atoms with Gasteiger partial charge in [-0.1, -0.05) is 30.3 Å². The fraction of sp³-hybridized carbons (Fsp3) is 0.118. The topological polar surface area (TPSA) is 50.9 Å². The second-order valence-corrected chi connectivity index (χ2v) is 6.16. The van der Waals surface area contributed by atoms with Crippen LogP contribution in [-0.4, -0.2) is 11.5 Å². The first kappa shape index (κ1) is 14.1. The van der Waals surface area contributed by atoms with Crippen LogP contribution in [0.3, 0.4) is 0 Å². The summed E-state index contributed by atoms with van der Waals surface area (Å²) in [7, 11) is 0. The number of hydrogen-bond acceptors (Lipinski definition) is 3. The highest BCUT2D eigenvalue weighted by atomic mass is 127. The number of aromatic nitrogens is 1. The van der Waals surface area contributed by atoms with E-state index in [-0.39, 0.29) is 0 Å². The molecule has 2 aromatic carbocycles. The van der Waals surface area contributed by atoms with Gasteiger partial charge in [0.1, 0.15) is 0 Å². The molecule has 0 unspecified atom stereocenters. The number of pyridine rings is 1. The minimum Gasteiger partial charge on any atom is -0.396 e. The monoisotopic (exact) mass is 389 g/mol. The number of rotatable bonds is 4. The third-order valence-corrected chi connectivity index (χ3v) is 4.09. The number of nitrogens with one attached hydrogen (secondary N) is 1. The predicted molar refractivity (Wildman–Crippen MR) is 97.5 cm³/mol. The van der Waals surface area contributed by atoms with Crippen LogP contribution >= 0.6 is 22.6 Å². The first-order valence-corrected chi connectivity index (χ1v) is 7.93. The molecule has 0 saturated carbocycles. The Kier molecular flexibility index (Phi) is 4.24. The van der Waals surface area contributed by atoms with Crippen molar-refractivity contribution in [3.63, 3.8) is 0 Å². The molecule has 106 valence electrons. The van der Waals surface area contributed by atoms with Crippen LogP contribution < -0.4 is 11.1 Å². The van der Waals surface area contributed by atoms with Crippen molar-refractivity contribution in [1.29, 1.82) is 0 Å². The van der Waals surface area contributed by atoms with E-state index in [0.29, 0.717) is 5.69 Å². The molecule has 0 aliphatic carbocycles. The number of fused-ring (bicyclic) bond motifs is 1. The smallest absolute Gasteiger partial charge is 0.0743 e. The molecule has 3 rings (SSSR count). The average Bonchev–Trinajstić information content (AvgIpc) is 2.50. The fourth-order valence-corrected chi connectivity index (χ4v) is 2.85. The van der Waals surface area contributed by atoms with Gasteiger partial charge < -0.3 is 11.1 Å². The molecular formula is C17H16IN3. The van der Waals surface area contributed by atoms with Crippen LogP contribution in [0.4, 0.5) is 11.4 Å². The van der Waals surface area contributed by atoms with Gasteiger partial charge in [-0.2, -0.15) is 0 Å². The van der Waals surface area contributed by atoms with Gasteiger partial charge in [0.2, 0.25) is 0 Å². The van der Waals surface area contributed by atoms with Crippen LogP contribution in [0, 0.1) is 3.57 Å². The predicted octanol–water partition coefficient (Wildman–Crippen LogP) is 4.08. The molecule has 0 fully saturated rings. The van der Waals surface area contributed by atoms with E-state index in [1.807, 2.05) is 12.1 Å². The van der Waals surface area contributed by atoms with Gasteiger partial charge in [-0.25, -0.2) is 0 Å². The van der Waals surface area contributed by atoms with E-state index in [4.69, 9.17) is 5.73 Å². The number of hydrogen-bond donors (Lipinski definition) is 2. The summed E-state index contributed by atoms with van der Waals surface area (Å²) in [6, 6.07) is 16.6. The quantitative estimate of drug-likeness (QED) is 0.662. The maximum atomic E-state index is 6.09. The minimum atomic E-state index is 0.692. The Balaban J connectivity index is 1.83. The van der Waals surface area contributed by atoms with Gasteiger partial charge in [-0.05, 0) is 52.8 Å². The van der Waals surface area contributed by atoms with E-state index in [1.165, 1.54) is 9.13 Å². The normalized spacial score (nSPS) is 10.7. The lowest BCUT2D eigenvalue weighted by molar-refractivity contribution is 1.02. The fourth-order valence-electron chi connectivity index (χ4n) is 2.35. The van der Waals surface area contributed by atoms with Crippen molar-refractivity contribution in [3.8, 4) is 0 Å². The summed E-state index contributed by atoms with van der Waals surface area (Å²) in [6.07, 6.45) is 2.69. The summed E-state index contributed by atoms with van der Waals surface area (Å²) in [5.74, 6) is 0. The number of nitrogens with zero attached hydrogens (tertiary/aromatic N) is 1.